The van der Waals surface area contributed by atoms with Crippen molar-refractivity contribution in [2.45, 2.75) is 26.5 Å². The Kier molecular flexibility index (Phi) is 4.22. The van der Waals surface area contributed by atoms with E-state index in [1.807, 2.05) is 38.2 Å². The number of anilines is 2. The topological polar surface area (TPSA) is 78.0 Å². The standard InChI is InChI=1S/C13H19N5O/c1-10(2)19-12-5-3-4-11(13(12)14)15-6-8-18-9-7-16-17-18/h3-5,7,9-10,15H,6,8,14H2,1-2H3. The Hall–Kier alpha value is -2.24. The maximum Gasteiger partial charge on any atom is 0.144 e. The van der Waals surface area contributed by atoms with Crippen molar-refractivity contribution >= 4 is 11.4 Å². The Bertz CT molecular complexity index is 510. The molecule has 1 heterocycles. The van der Waals surface area contributed by atoms with Crippen LogP contribution in [-0.2, 0) is 6.54 Å². The third-order valence-electron chi connectivity index (χ3n) is 2.56. The first-order valence-corrected chi connectivity index (χ1v) is 6.30. The molecule has 0 aliphatic heterocycles. The highest BCUT2D eigenvalue weighted by atomic mass is 16.5. The molecule has 0 radical (unpaired) electrons. The lowest BCUT2D eigenvalue weighted by Crippen LogP contribution is -2.13. The monoisotopic (exact) mass is 261 g/mol. The van der Waals surface area contributed by atoms with Gasteiger partial charge in [0.2, 0.25) is 0 Å². The highest BCUT2D eigenvalue weighted by molar-refractivity contribution is 5.72. The number of hydrogen-bond donors (Lipinski definition) is 2. The van der Waals surface area contributed by atoms with Gasteiger partial charge in [-0.15, -0.1) is 5.10 Å². The van der Waals surface area contributed by atoms with Crippen LogP contribution in [0.15, 0.2) is 30.6 Å². The number of hydrogen-bond acceptors (Lipinski definition) is 5. The van der Waals surface area contributed by atoms with Gasteiger partial charge in [-0.05, 0) is 26.0 Å². The molecule has 0 unspecified atom stereocenters. The molecule has 0 atom stereocenters. The highest BCUT2D eigenvalue weighted by Crippen LogP contribution is 2.29. The smallest absolute Gasteiger partial charge is 0.144 e. The zero-order valence-electron chi connectivity index (χ0n) is 11.2. The van der Waals surface area contributed by atoms with E-state index in [-0.39, 0.29) is 6.10 Å². The first-order valence-electron chi connectivity index (χ1n) is 6.30. The zero-order chi connectivity index (χ0) is 13.7. The molecule has 0 saturated heterocycles. The summed E-state index contributed by atoms with van der Waals surface area (Å²) in [5, 5.41) is 10.9. The second kappa shape index (κ2) is 6.08. The van der Waals surface area contributed by atoms with Crippen molar-refractivity contribution in [2.75, 3.05) is 17.6 Å². The van der Waals surface area contributed by atoms with Crippen molar-refractivity contribution in [2.24, 2.45) is 0 Å². The van der Waals surface area contributed by atoms with Gasteiger partial charge in [-0.3, -0.25) is 4.68 Å². The summed E-state index contributed by atoms with van der Waals surface area (Å²) in [7, 11) is 0. The molecule has 2 aromatic rings. The molecule has 0 spiro atoms. The van der Waals surface area contributed by atoms with Crippen LogP contribution in [-0.4, -0.2) is 27.6 Å². The number of aromatic nitrogens is 3. The first kappa shape index (κ1) is 13.2. The van der Waals surface area contributed by atoms with E-state index in [4.69, 9.17) is 10.5 Å². The molecule has 19 heavy (non-hydrogen) atoms. The van der Waals surface area contributed by atoms with Gasteiger partial charge >= 0.3 is 0 Å². The Morgan fingerprint density at radius 3 is 2.95 bits per heavy atom. The van der Waals surface area contributed by atoms with E-state index in [9.17, 15) is 0 Å². The summed E-state index contributed by atoms with van der Waals surface area (Å²) in [5.41, 5.74) is 7.58. The number of nitrogens with one attached hydrogen (secondary N) is 1. The van der Waals surface area contributed by atoms with Crippen molar-refractivity contribution in [3.63, 3.8) is 0 Å². The third-order valence-corrected chi connectivity index (χ3v) is 2.56. The SMILES string of the molecule is CC(C)Oc1cccc(NCCn2ccnn2)c1N. The summed E-state index contributed by atoms with van der Waals surface area (Å²) >= 11 is 0. The normalized spacial score (nSPS) is 10.7. The van der Waals surface area contributed by atoms with Gasteiger partial charge in [0.1, 0.15) is 5.75 Å². The summed E-state index contributed by atoms with van der Waals surface area (Å²) in [6.07, 6.45) is 3.59. The minimum absolute atomic E-state index is 0.104. The van der Waals surface area contributed by atoms with Crippen molar-refractivity contribution in [1.82, 2.24) is 15.0 Å². The average Bonchev–Trinajstić information content (AvgIpc) is 2.86. The highest BCUT2D eigenvalue weighted by Gasteiger charge is 2.07. The quantitative estimate of drug-likeness (QED) is 0.775. The maximum atomic E-state index is 6.07. The van der Waals surface area contributed by atoms with Gasteiger partial charge in [0, 0.05) is 12.7 Å². The molecule has 2 rings (SSSR count). The van der Waals surface area contributed by atoms with Gasteiger partial charge in [-0.25, -0.2) is 0 Å². The molecule has 6 nitrogen and oxygen atoms in total. The fourth-order valence-corrected chi connectivity index (χ4v) is 1.71. The van der Waals surface area contributed by atoms with Crippen LogP contribution in [0.3, 0.4) is 0 Å². The third kappa shape index (κ3) is 3.61. The number of ether oxygens (including phenoxy) is 1. The van der Waals surface area contributed by atoms with Gasteiger partial charge in [0.15, 0.2) is 0 Å². The van der Waals surface area contributed by atoms with Crippen LogP contribution in [0.4, 0.5) is 11.4 Å². The van der Waals surface area contributed by atoms with Crippen LogP contribution in [0.1, 0.15) is 13.8 Å². The van der Waals surface area contributed by atoms with E-state index in [0.717, 1.165) is 18.8 Å². The number of benzene rings is 1. The predicted molar refractivity (Wildman–Crippen MR) is 75.1 cm³/mol. The van der Waals surface area contributed by atoms with E-state index < -0.39 is 0 Å². The molecular formula is C13H19N5O. The second-order valence-electron chi connectivity index (χ2n) is 4.48. The van der Waals surface area contributed by atoms with Gasteiger partial charge in [-0.1, -0.05) is 11.3 Å². The minimum atomic E-state index is 0.104. The molecular weight excluding hydrogens is 242 g/mol. The fourth-order valence-electron chi connectivity index (χ4n) is 1.71. The van der Waals surface area contributed by atoms with Crippen molar-refractivity contribution < 1.29 is 4.74 Å². The maximum absolute atomic E-state index is 6.07. The van der Waals surface area contributed by atoms with Gasteiger partial charge in [0.05, 0.1) is 30.2 Å². The number of rotatable bonds is 6. The molecule has 1 aromatic carbocycles. The molecule has 0 fully saturated rings. The molecule has 1 aromatic heterocycles. The number of para-hydroxylation sites is 1. The van der Waals surface area contributed by atoms with Crippen LogP contribution in [0.5, 0.6) is 5.75 Å². The molecule has 0 saturated carbocycles. The van der Waals surface area contributed by atoms with Crippen molar-refractivity contribution in [3.8, 4) is 5.75 Å². The van der Waals surface area contributed by atoms with Crippen LogP contribution in [0, 0.1) is 0 Å². The zero-order valence-corrected chi connectivity index (χ0v) is 11.2. The van der Waals surface area contributed by atoms with Crippen molar-refractivity contribution in [3.05, 3.63) is 30.6 Å². The van der Waals surface area contributed by atoms with Gasteiger partial charge in [0.25, 0.3) is 0 Å². The Balaban J connectivity index is 1.96. The van der Waals surface area contributed by atoms with Crippen LogP contribution >= 0.6 is 0 Å². The van der Waals surface area contributed by atoms with Crippen LogP contribution in [0.2, 0.25) is 0 Å². The van der Waals surface area contributed by atoms with Gasteiger partial charge < -0.3 is 15.8 Å². The van der Waals surface area contributed by atoms with Crippen LogP contribution < -0.4 is 15.8 Å². The van der Waals surface area contributed by atoms with E-state index >= 15 is 0 Å². The summed E-state index contributed by atoms with van der Waals surface area (Å²) in [6.45, 7) is 5.40. The summed E-state index contributed by atoms with van der Waals surface area (Å²) in [5.74, 6) is 0.709. The molecule has 0 amide bonds. The summed E-state index contributed by atoms with van der Waals surface area (Å²) in [6, 6.07) is 5.73. The summed E-state index contributed by atoms with van der Waals surface area (Å²) < 4.78 is 7.41. The lowest BCUT2D eigenvalue weighted by atomic mass is 10.2. The fraction of sp³-hybridized carbons (Fsp3) is 0.385. The van der Waals surface area contributed by atoms with E-state index in [1.165, 1.54) is 0 Å². The lowest BCUT2D eigenvalue weighted by molar-refractivity contribution is 0.244. The Labute approximate surface area is 112 Å². The van der Waals surface area contributed by atoms with Crippen molar-refractivity contribution in [1.29, 1.82) is 0 Å². The number of nitrogens with zero attached hydrogens (tertiary/aromatic N) is 3. The predicted octanol–water partition coefficient (Wildman–Crippen LogP) is 1.76. The molecule has 0 aliphatic rings. The second-order valence-corrected chi connectivity index (χ2v) is 4.48. The number of nitrogens with two attached hydrogens (primary N) is 1. The molecule has 3 N–H and O–H groups in total. The largest absolute Gasteiger partial charge is 0.489 e. The average molecular weight is 261 g/mol. The Morgan fingerprint density at radius 2 is 2.26 bits per heavy atom. The molecule has 6 heteroatoms. The Morgan fingerprint density at radius 1 is 1.42 bits per heavy atom. The molecule has 0 aliphatic carbocycles. The van der Waals surface area contributed by atoms with E-state index in [2.05, 4.69) is 15.6 Å². The molecule has 102 valence electrons. The number of nitrogen functional groups attached to an aromatic ring is 1. The van der Waals surface area contributed by atoms with E-state index in [0.29, 0.717) is 11.4 Å². The first-order chi connectivity index (χ1) is 9.16. The lowest BCUT2D eigenvalue weighted by Gasteiger charge is -2.15. The van der Waals surface area contributed by atoms with Gasteiger partial charge in [-0.2, -0.15) is 0 Å². The van der Waals surface area contributed by atoms with Crippen LogP contribution in [0.25, 0.3) is 0 Å². The van der Waals surface area contributed by atoms with E-state index in [1.54, 1.807) is 10.9 Å². The summed E-state index contributed by atoms with van der Waals surface area (Å²) in [4.78, 5) is 0. The molecule has 0 bridgehead atoms. The minimum Gasteiger partial charge on any atom is -0.489 e.